The lowest BCUT2D eigenvalue weighted by molar-refractivity contribution is -0.689. The van der Waals surface area contributed by atoms with Crippen LogP contribution in [0.5, 0.6) is 0 Å². The van der Waals surface area contributed by atoms with Crippen LogP contribution in [-0.2, 0) is 17.5 Å². The molecule has 9 nitrogen and oxygen atoms in total. The Hall–Kier alpha value is -0.840. The molecule has 6 N–H and O–H groups in total. The number of hydrogen-bond acceptors (Lipinski definition) is 6. The third-order valence-corrected chi connectivity index (χ3v) is 4.00. The largest absolute Gasteiger partial charge is 1.00 e. The zero-order valence-corrected chi connectivity index (χ0v) is 16.8. The van der Waals surface area contributed by atoms with Crippen LogP contribution in [0.2, 0.25) is 0 Å². The Labute approximate surface area is 161 Å². The summed E-state index contributed by atoms with van der Waals surface area (Å²) in [5.41, 5.74) is 10.0. The number of aliphatic hydroxyl groups excluding tert-OH is 1. The van der Waals surface area contributed by atoms with E-state index < -0.39 is 7.82 Å². The molecule has 0 spiro atoms. The molecule has 0 aliphatic carbocycles. The molecule has 0 bridgehead atoms. The van der Waals surface area contributed by atoms with Gasteiger partial charge in [-0.15, -0.1) is 12.4 Å². The number of nitrogens with zero attached hydrogens (tertiary/aromatic N) is 3. The average molecular weight is 435 g/mol. The van der Waals surface area contributed by atoms with E-state index >= 15 is 0 Å². The van der Waals surface area contributed by atoms with Crippen LogP contribution < -0.4 is 22.7 Å². The molecular formula is C12H21Cl2N4O5PS. The van der Waals surface area contributed by atoms with Crippen LogP contribution in [0, 0.1) is 13.8 Å². The molecule has 0 aromatic carbocycles. The summed E-state index contributed by atoms with van der Waals surface area (Å²) in [6, 6.07) is 0. The van der Waals surface area contributed by atoms with Crippen molar-refractivity contribution in [2.45, 2.75) is 26.8 Å². The number of phosphoric acid groups is 1. The smallest absolute Gasteiger partial charge is 0.466 e. The van der Waals surface area contributed by atoms with Gasteiger partial charge >= 0.3 is 7.82 Å². The molecule has 0 radical (unpaired) electrons. The number of nitrogens with two attached hydrogens (primary N) is 1. The van der Waals surface area contributed by atoms with Crippen LogP contribution in [0.25, 0.3) is 0 Å². The molecular weight excluding hydrogens is 414 g/mol. The van der Waals surface area contributed by atoms with Gasteiger partial charge in [-0.05, 0) is 6.92 Å². The summed E-state index contributed by atoms with van der Waals surface area (Å²) >= 11 is 1.65. The molecule has 2 heterocycles. The van der Waals surface area contributed by atoms with Gasteiger partial charge in [0, 0.05) is 26.1 Å². The van der Waals surface area contributed by atoms with Gasteiger partial charge in [-0.2, -0.15) is 4.57 Å². The second-order valence-electron chi connectivity index (χ2n) is 4.67. The first-order valence-electron chi connectivity index (χ1n) is 6.55. The quantitative estimate of drug-likeness (QED) is 0.253. The van der Waals surface area contributed by atoms with Crippen molar-refractivity contribution >= 4 is 37.4 Å². The van der Waals surface area contributed by atoms with Crippen LogP contribution in [0.1, 0.15) is 22.0 Å². The Balaban J connectivity index is 0. The molecule has 144 valence electrons. The molecule has 2 aromatic heterocycles. The second-order valence-corrected chi connectivity index (χ2v) is 6.64. The highest BCUT2D eigenvalue weighted by Crippen LogP contribution is 2.25. The Kier molecular flexibility index (Phi) is 12.4. The Morgan fingerprint density at radius 1 is 1.32 bits per heavy atom. The van der Waals surface area contributed by atoms with Crippen LogP contribution in [0.15, 0.2) is 11.7 Å². The minimum absolute atomic E-state index is 0. The summed E-state index contributed by atoms with van der Waals surface area (Å²) in [6.07, 6.45) is 2.47. The van der Waals surface area contributed by atoms with Crippen LogP contribution in [-0.4, -0.2) is 36.4 Å². The van der Waals surface area contributed by atoms with Crippen LogP contribution in [0.3, 0.4) is 0 Å². The zero-order chi connectivity index (χ0) is 17.6. The van der Waals surface area contributed by atoms with Crippen molar-refractivity contribution in [3.05, 3.63) is 33.7 Å². The third kappa shape index (κ3) is 10.0. The second kappa shape index (κ2) is 11.7. The molecule has 13 heteroatoms. The topological polar surface area (TPSA) is 154 Å². The van der Waals surface area contributed by atoms with E-state index in [1.165, 1.54) is 4.88 Å². The minimum atomic E-state index is -4.64. The number of nitrogen functional groups attached to an aromatic ring is 1. The van der Waals surface area contributed by atoms with Crippen molar-refractivity contribution in [3.8, 4) is 0 Å². The molecule has 2 rings (SSSR count). The van der Waals surface area contributed by atoms with E-state index in [1.54, 1.807) is 17.5 Å². The summed E-state index contributed by atoms with van der Waals surface area (Å²) in [6.45, 7) is 4.71. The van der Waals surface area contributed by atoms with Crippen molar-refractivity contribution in [2.24, 2.45) is 0 Å². The maximum Gasteiger partial charge on any atom is 0.466 e. The first-order chi connectivity index (χ1) is 10.6. The van der Waals surface area contributed by atoms with E-state index in [-0.39, 0.29) is 31.4 Å². The maximum absolute atomic E-state index is 8.98. The summed E-state index contributed by atoms with van der Waals surface area (Å²) in [7, 11) is -4.64. The zero-order valence-electron chi connectivity index (χ0n) is 13.5. The lowest BCUT2D eigenvalue weighted by Crippen LogP contribution is -3.00. The van der Waals surface area contributed by atoms with Gasteiger partial charge in [-0.25, -0.2) is 14.5 Å². The number of rotatable bonds is 4. The SMILES string of the molecule is Cc1ncc(C[n+]2csc(CCO)c2C)c(N)n1.Cl.O=P(O)(O)O.[Cl-]. The normalized spacial score (nSPS) is 10.2. The van der Waals surface area contributed by atoms with Gasteiger partial charge < -0.3 is 37.9 Å². The van der Waals surface area contributed by atoms with Gasteiger partial charge in [0.25, 0.3) is 0 Å². The molecule has 0 saturated carbocycles. The van der Waals surface area contributed by atoms with Gasteiger partial charge in [0.15, 0.2) is 12.2 Å². The van der Waals surface area contributed by atoms with Crippen molar-refractivity contribution in [2.75, 3.05) is 12.3 Å². The number of hydrogen-bond donors (Lipinski definition) is 5. The Morgan fingerprint density at radius 2 is 1.88 bits per heavy atom. The fraction of sp³-hybridized carbons (Fsp3) is 0.417. The summed E-state index contributed by atoms with van der Waals surface area (Å²) in [4.78, 5) is 31.1. The first-order valence-corrected chi connectivity index (χ1v) is 8.99. The van der Waals surface area contributed by atoms with Gasteiger partial charge in [-0.3, -0.25) is 0 Å². The molecule has 0 atom stereocenters. The van der Waals surface area contributed by atoms with Gasteiger partial charge in [0.2, 0.25) is 5.51 Å². The number of aliphatic hydroxyl groups is 1. The van der Waals surface area contributed by atoms with Crippen molar-refractivity contribution in [3.63, 3.8) is 0 Å². The van der Waals surface area contributed by atoms with Crippen molar-refractivity contribution < 1.29 is 41.3 Å². The average Bonchev–Trinajstić information content (AvgIpc) is 2.73. The summed E-state index contributed by atoms with van der Waals surface area (Å²) < 4.78 is 11.0. The molecule has 25 heavy (non-hydrogen) atoms. The standard InChI is InChI=1S/C12H17N4OS.2ClH.H3O4P/c1-8-11(3-4-17)18-7-16(8)6-10-5-14-9(2)15-12(10)13;;;1-5(2,3)4/h5,7,17H,3-4,6H2,1-2H3,(H2,13,14,15);2*1H;(H3,1,2,3,4)/q+1;;;/p-1. The minimum Gasteiger partial charge on any atom is -1.00 e. The maximum atomic E-state index is 8.98. The van der Waals surface area contributed by atoms with Gasteiger partial charge in [0.1, 0.15) is 11.6 Å². The lowest BCUT2D eigenvalue weighted by Gasteiger charge is -2.01. The molecule has 0 aliphatic rings. The number of thiazole rings is 1. The van der Waals surface area contributed by atoms with Crippen molar-refractivity contribution in [1.82, 2.24) is 9.97 Å². The molecule has 0 amide bonds. The predicted octanol–water partition coefficient (Wildman–Crippen LogP) is -2.90. The predicted molar refractivity (Wildman–Crippen MR) is 91.8 cm³/mol. The molecule has 2 aromatic rings. The van der Waals surface area contributed by atoms with Gasteiger partial charge in [-0.1, -0.05) is 11.3 Å². The van der Waals surface area contributed by atoms with E-state index in [1.807, 2.05) is 19.4 Å². The van der Waals surface area contributed by atoms with E-state index in [9.17, 15) is 0 Å². The van der Waals surface area contributed by atoms with Gasteiger partial charge in [0.05, 0.1) is 10.4 Å². The molecule has 0 aliphatic heterocycles. The van der Waals surface area contributed by atoms with Crippen LogP contribution >= 0.6 is 31.6 Å². The Morgan fingerprint density at radius 3 is 2.36 bits per heavy atom. The molecule has 0 unspecified atom stereocenters. The number of aromatic nitrogens is 3. The summed E-state index contributed by atoms with van der Waals surface area (Å²) in [5, 5.41) is 8.98. The fourth-order valence-electron chi connectivity index (χ4n) is 1.77. The Bertz CT molecular complexity index is 705. The third-order valence-electron chi connectivity index (χ3n) is 2.85. The molecule has 0 saturated heterocycles. The van der Waals surface area contributed by atoms with E-state index in [4.69, 9.17) is 30.1 Å². The highest BCUT2D eigenvalue weighted by molar-refractivity contribution is 7.45. The number of aryl methyl sites for hydroxylation is 1. The fourth-order valence-corrected chi connectivity index (χ4v) is 2.75. The monoisotopic (exact) mass is 434 g/mol. The highest BCUT2D eigenvalue weighted by Gasteiger charge is 2.16. The lowest BCUT2D eigenvalue weighted by atomic mass is 10.2. The van der Waals surface area contributed by atoms with Crippen LogP contribution in [0.4, 0.5) is 5.82 Å². The summed E-state index contributed by atoms with van der Waals surface area (Å²) in [5.74, 6) is 1.22. The van der Waals surface area contributed by atoms with E-state index in [0.717, 1.165) is 11.3 Å². The van der Waals surface area contributed by atoms with E-state index in [2.05, 4.69) is 14.5 Å². The molecule has 0 fully saturated rings. The highest BCUT2D eigenvalue weighted by atomic mass is 35.5. The van der Waals surface area contributed by atoms with E-state index in [0.29, 0.717) is 24.6 Å². The number of anilines is 1. The first kappa shape index (κ1) is 26.4. The van der Waals surface area contributed by atoms with Crippen molar-refractivity contribution in [1.29, 1.82) is 0 Å². The number of halogens is 2.